The Hall–Kier alpha value is -0.200. The predicted octanol–water partition coefficient (Wildman–Crippen LogP) is 3.23. The summed E-state index contributed by atoms with van der Waals surface area (Å²) in [5.41, 5.74) is 0. The molecular weight excluding hydrogens is 290 g/mol. The van der Waals surface area contributed by atoms with E-state index in [4.69, 9.17) is 9.51 Å². The third-order valence-electron chi connectivity index (χ3n) is 4.11. The maximum atomic E-state index is 5.61. The summed E-state index contributed by atoms with van der Waals surface area (Å²) in [5, 5.41) is 8.27. The molecule has 0 spiro atoms. The van der Waals surface area contributed by atoms with E-state index in [0.29, 0.717) is 17.2 Å². The number of likely N-dealkylation sites (N-methyl/N-ethyl adjacent to an activating group) is 1. The van der Waals surface area contributed by atoms with Gasteiger partial charge in [-0.25, -0.2) is 0 Å². The number of thioether (sulfide) groups is 2. The third kappa shape index (κ3) is 3.34. The largest absolute Gasteiger partial charge is 0.339 e. The molecule has 0 amide bonds. The van der Waals surface area contributed by atoms with E-state index in [2.05, 4.69) is 17.4 Å². The van der Waals surface area contributed by atoms with Crippen molar-refractivity contribution in [1.82, 2.24) is 15.5 Å². The van der Waals surface area contributed by atoms with Crippen molar-refractivity contribution in [3.63, 3.8) is 0 Å². The first-order chi connectivity index (χ1) is 9.88. The topological polar surface area (TPSA) is 51.0 Å². The molecule has 1 aromatic rings. The molecule has 3 atom stereocenters. The summed E-state index contributed by atoms with van der Waals surface area (Å²) in [6.45, 7) is 3.18. The van der Waals surface area contributed by atoms with Crippen LogP contribution in [0.1, 0.15) is 55.5 Å². The van der Waals surface area contributed by atoms with Gasteiger partial charge in [0, 0.05) is 23.3 Å². The standard InChI is InChI=1S/C14H23N3OS2/c1-2-15-11-6-4-3-5-10(11)14-16-13(17-18-14)12-9-19-7-8-20-12/h10-12,15H,2-9H2,1H3. The van der Waals surface area contributed by atoms with Crippen LogP contribution in [0.4, 0.5) is 0 Å². The van der Waals surface area contributed by atoms with E-state index in [9.17, 15) is 0 Å². The molecule has 20 heavy (non-hydrogen) atoms. The summed E-state index contributed by atoms with van der Waals surface area (Å²) >= 11 is 3.96. The van der Waals surface area contributed by atoms with Gasteiger partial charge in [0.2, 0.25) is 5.89 Å². The monoisotopic (exact) mass is 313 g/mol. The van der Waals surface area contributed by atoms with Crippen molar-refractivity contribution in [2.45, 2.75) is 49.8 Å². The SMILES string of the molecule is CCNC1CCCCC1c1nc(C2CSCCS2)no1. The number of nitrogens with zero attached hydrogens (tertiary/aromatic N) is 2. The van der Waals surface area contributed by atoms with Gasteiger partial charge in [-0.3, -0.25) is 0 Å². The molecule has 4 nitrogen and oxygen atoms in total. The minimum absolute atomic E-state index is 0.409. The summed E-state index contributed by atoms with van der Waals surface area (Å²) in [5.74, 6) is 5.75. The first kappa shape index (κ1) is 14.7. The highest BCUT2D eigenvalue weighted by atomic mass is 32.2. The van der Waals surface area contributed by atoms with E-state index < -0.39 is 0 Å². The Balaban J connectivity index is 1.70. The van der Waals surface area contributed by atoms with Gasteiger partial charge < -0.3 is 9.84 Å². The third-order valence-corrected chi connectivity index (χ3v) is 6.86. The molecular formula is C14H23N3OS2. The van der Waals surface area contributed by atoms with Gasteiger partial charge in [-0.1, -0.05) is 24.9 Å². The zero-order valence-electron chi connectivity index (χ0n) is 12.0. The average molecular weight is 313 g/mol. The van der Waals surface area contributed by atoms with Gasteiger partial charge in [0.05, 0.1) is 11.2 Å². The van der Waals surface area contributed by atoms with Crippen molar-refractivity contribution in [3.05, 3.63) is 11.7 Å². The lowest BCUT2D eigenvalue weighted by molar-refractivity contribution is 0.264. The highest BCUT2D eigenvalue weighted by molar-refractivity contribution is 8.06. The summed E-state index contributed by atoms with van der Waals surface area (Å²) in [4.78, 5) is 4.74. The zero-order valence-corrected chi connectivity index (χ0v) is 13.6. The second kappa shape index (κ2) is 7.18. The van der Waals surface area contributed by atoms with E-state index in [1.807, 2.05) is 23.5 Å². The van der Waals surface area contributed by atoms with Crippen LogP contribution >= 0.6 is 23.5 Å². The van der Waals surface area contributed by atoms with Crippen LogP contribution in [0, 0.1) is 0 Å². The van der Waals surface area contributed by atoms with Crippen molar-refractivity contribution >= 4 is 23.5 Å². The second-order valence-electron chi connectivity index (χ2n) is 5.48. The molecule has 112 valence electrons. The fourth-order valence-corrected chi connectivity index (χ4v) is 5.69. The molecule has 1 aliphatic heterocycles. The molecule has 0 bridgehead atoms. The van der Waals surface area contributed by atoms with Gasteiger partial charge in [0.25, 0.3) is 0 Å². The number of aromatic nitrogens is 2. The van der Waals surface area contributed by atoms with Crippen molar-refractivity contribution < 1.29 is 4.52 Å². The molecule has 1 N–H and O–H groups in total. The Morgan fingerprint density at radius 1 is 1.30 bits per heavy atom. The summed E-state index contributed by atoms with van der Waals surface area (Å²) < 4.78 is 5.61. The summed E-state index contributed by atoms with van der Waals surface area (Å²) in [7, 11) is 0. The number of rotatable bonds is 4. The zero-order chi connectivity index (χ0) is 13.8. The molecule has 2 aliphatic rings. The molecule has 0 radical (unpaired) electrons. The lowest BCUT2D eigenvalue weighted by atomic mass is 9.84. The fraction of sp³-hybridized carbons (Fsp3) is 0.857. The molecule has 1 saturated carbocycles. The lowest BCUT2D eigenvalue weighted by Crippen LogP contribution is -2.37. The molecule has 1 aromatic heterocycles. The Bertz CT molecular complexity index is 418. The van der Waals surface area contributed by atoms with Crippen LogP contribution in [0.2, 0.25) is 0 Å². The van der Waals surface area contributed by atoms with Crippen LogP contribution < -0.4 is 5.32 Å². The van der Waals surface area contributed by atoms with Crippen LogP contribution in [-0.4, -0.2) is 40.0 Å². The molecule has 3 unspecified atom stereocenters. The van der Waals surface area contributed by atoms with Crippen molar-refractivity contribution in [2.75, 3.05) is 23.8 Å². The maximum Gasteiger partial charge on any atom is 0.231 e. The van der Waals surface area contributed by atoms with Crippen LogP contribution in [-0.2, 0) is 0 Å². The number of hydrogen-bond acceptors (Lipinski definition) is 6. The normalized spacial score (nSPS) is 31.4. The van der Waals surface area contributed by atoms with Crippen molar-refractivity contribution in [2.24, 2.45) is 0 Å². The highest BCUT2D eigenvalue weighted by Crippen LogP contribution is 2.37. The predicted molar refractivity (Wildman–Crippen MR) is 85.5 cm³/mol. The molecule has 3 rings (SSSR count). The van der Waals surface area contributed by atoms with Gasteiger partial charge in [-0.05, 0) is 19.4 Å². The Morgan fingerprint density at radius 3 is 3.00 bits per heavy atom. The molecule has 2 heterocycles. The molecule has 1 saturated heterocycles. The van der Waals surface area contributed by atoms with Crippen molar-refractivity contribution in [1.29, 1.82) is 0 Å². The maximum absolute atomic E-state index is 5.61. The van der Waals surface area contributed by atoms with E-state index in [1.54, 1.807) is 0 Å². The van der Waals surface area contributed by atoms with Crippen LogP contribution in [0.3, 0.4) is 0 Å². The van der Waals surface area contributed by atoms with Gasteiger partial charge in [0.15, 0.2) is 5.82 Å². The van der Waals surface area contributed by atoms with E-state index in [1.165, 1.54) is 37.2 Å². The van der Waals surface area contributed by atoms with E-state index in [-0.39, 0.29) is 0 Å². The van der Waals surface area contributed by atoms with Crippen LogP contribution in [0.25, 0.3) is 0 Å². The van der Waals surface area contributed by atoms with E-state index in [0.717, 1.165) is 24.0 Å². The van der Waals surface area contributed by atoms with E-state index >= 15 is 0 Å². The minimum atomic E-state index is 0.409. The van der Waals surface area contributed by atoms with Crippen LogP contribution in [0.5, 0.6) is 0 Å². The second-order valence-corrected chi connectivity index (χ2v) is 7.94. The molecule has 6 heteroatoms. The van der Waals surface area contributed by atoms with Crippen molar-refractivity contribution in [3.8, 4) is 0 Å². The Kier molecular flexibility index (Phi) is 5.29. The quantitative estimate of drug-likeness (QED) is 0.921. The average Bonchev–Trinajstić information content (AvgIpc) is 2.99. The lowest BCUT2D eigenvalue weighted by Gasteiger charge is -2.29. The van der Waals surface area contributed by atoms with Gasteiger partial charge in [-0.2, -0.15) is 16.7 Å². The molecule has 0 aromatic carbocycles. The Morgan fingerprint density at radius 2 is 2.20 bits per heavy atom. The highest BCUT2D eigenvalue weighted by Gasteiger charge is 2.31. The molecule has 1 aliphatic carbocycles. The first-order valence-corrected chi connectivity index (χ1v) is 9.85. The molecule has 2 fully saturated rings. The smallest absolute Gasteiger partial charge is 0.231 e. The van der Waals surface area contributed by atoms with Gasteiger partial charge in [-0.15, -0.1) is 11.8 Å². The number of nitrogens with one attached hydrogen (secondary N) is 1. The first-order valence-electron chi connectivity index (χ1n) is 7.64. The Labute approximate surface area is 129 Å². The summed E-state index contributed by atoms with van der Waals surface area (Å²) in [6, 6.07) is 0.510. The minimum Gasteiger partial charge on any atom is -0.339 e. The summed E-state index contributed by atoms with van der Waals surface area (Å²) in [6.07, 6.45) is 4.98. The van der Waals surface area contributed by atoms with Gasteiger partial charge >= 0.3 is 0 Å². The number of hydrogen-bond donors (Lipinski definition) is 1. The van der Waals surface area contributed by atoms with Gasteiger partial charge in [0.1, 0.15) is 0 Å². The fourth-order valence-electron chi connectivity index (χ4n) is 3.10. The van der Waals surface area contributed by atoms with Crippen LogP contribution in [0.15, 0.2) is 4.52 Å².